The van der Waals surface area contributed by atoms with Crippen molar-refractivity contribution in [3.63, 3.8) is 0 Å². The van der Waals surface area contributed by atoms with Crippen molar-refractivity contribution in [3.8, 4) is 0 Å². The van der Waals surface area contributed by atoms with Gasteiger partial charge >= 0.3 is 0 Å². The maximum absolute atomic E-state index is 4.27. The molecule has 2 aromatic rings. The van der Waals surface area contributed by atoms with Gasteiger partial charge in [-0.3, -0.25) is 4.98 Å². The van der Waals surface area contributed by atoms with Gasteiger partial charge in [0.2, 0.25) is 0 Å². The summed E-state index contributed by atoms with van der Waals surface area (Å²) in [5.41, 5.74) is 2.29. The van der Waals surface area contributed by atoms with Crippen LogP contribution in [0.4, 0.5) is 5.69 Å². The zero-order valence-corrected chi connectivity index (χ0v) is 11.0. The molecule has 17 heavy (non-hydrogen) atoms. The third kappa shape index (κ3) is 5.57. The van der Waals surface area contributed by atoms with Gasteiger partial charge < -0.3 is 5.32 Å². The van der Waals surface area contributed by atoms with Crippen molar-refractivity contribution in [3.05, 3.63) is 60.4 Å². The van der Waals surface area contributed by atoms with E-state index >= 15 is 0 Å². The summed E-state index contributed by atoms with van der Waals surface area (Å²) in [5.74, 6) is 0. The quantitative estimate of drug-likeness (QED) is 0.919. The van der Waals surface area contributed by atoms with E-state index in [0.717, 1.165) is 24.3 Å². The molecule has 2 rings (SSSR count). The molecule has 0 radical (unpaired) electrons. The van der Waals surface area contributed by atoms with E-state index < -0.39 is 0 Å². The Balaban J connectivity index is 0.00000128. The van der Waals surface area contributed by atoms with Crippen LogP contribution in [0.1, 0.15) is 5.69 Å². The minimum absolute atomic E-state index is 0. The van der Waals surface area contributed by atoms with Gasteiger partial charge in [-0.25, -0.2) is 0 Å². The Morgan fingerprint density at radius 3 is 2.24 bits per heavy atom. The predicted molar refractivity (Wildman–Crippen MR) is 77.4 cm³/mol. The predicted octanol–water partition coefficient (Wildman–Crippen LogP) is 3.58. The Morgan fingerprint density at radius 1 is 0.882 bits per heavy atom. The number of aromatic nitrogens is 1. The van der Waals surface area contributed by atoms with Crippen molar-refractivity contribution in [2.24, 2.45) is 0 Å². The number of anilines is 1. The molecule has 4 heteroatoms. The number of nitrogens with zero attached hydrogens (tertiary/aromatic N) is 1. The molecule has 2 nitrogen and oxygen atoms in total. The summed E-state index contributed by atoms with van der Waals surface area (Å²) in [4.78, 5) is 4.27. The Labute approximate surface area is 114 Å². The zero-order valence-electron chi connectivity index (χ0n) is 9.37. The van der Waals surface area contributed by atoms with Gasteiger partial charge in [-0.15, -0.1) is 24.8 Å². The molecule has 0 aliphatic rings. The van der Waals surface area contributed by atoms with Gasteiger partial charge in [0.15, 0.2) is 0 Å². The molecule has 0 saturated carbocycles. The normalized spacial score (nSPS) is 8.71. The number of hydrogen-bond donors (Lipinski definition) is 1. The lowest BCUT2D eigenvalue weighted by Gasteiger charge is -2.05. The summed E-state index contributed by atoms with van der Waals surface area (Å²) in [5, 5.41) is 3.35. The first-order valence-corrected chi connectivity index (χ1v) is 5.14. The Morgan fingerprint density at radius 2 is 1.59 bits per heavy atom. The molecule has 1 aromatic carbocycles. The van der Waals surface area contributed by atoms with Crippen LogP contribution in [0.2, 0.25) is 0 Å². The summed E-state index contributed by atoms with van der Waals surface area (Å²) >= 11 is 0. The van der Waals surface area contributed by atoms with Gasteiger partial charge in [0.25, 0.3) is 0 Å². The SMILES string of the molecule is Cl.Cl.c1ccc(NCCc2ccccn2)cc1. The number of halogens is 2. The molecule has 92 valence electrons. The van der Waals surface area contributed by atoms with Crippen LogP contribution in [0, 0.1) is 0 Å². The monoisotopic (exact) mass is 270 g/mol. The lowest BCUT2D eigenvalue weighted by atomic mass is 10.2. The van der Waals surface area contributed by atoms with Crippen LogP contribution in [0.25, 0.3) is 0 Å². The van der Waals surface area contributed by atoms with Crippen molar-refractivity contribution in [1.82, 2.24) is 4.98 Å². The second-order valence-corrected chi connectivity index (χ2v) is 3.36. The molecule has 1 aromatic heterocycles. The van der Waals surface area contributed by atoms with E-state index in [4.69, 9.17) is 0 Å². The third-order valence-corrected chi connectivity index (χ3v) is 2.21. The summed E-state index contributed by atoms with van der Waals surface area (Å²) < 4.78 is 0. The molecule has 0 bridgehead atoms. The van der Waals surface area contributed by atoms with Crippen LogP contribution in [-0.2, 0) is 6.42 Å². The maximum Gasteiger partial charge on any atom is 0.0421 e. The zero-order chi connectivity index (χ0) is 10.3. The van der Waals surface area contributed by atoms with Crippen LogP contribution in [-0.4, -0.2) is 11.5 Å². The highest BCUT2D eigenvalue weighted by Crippen LogP contribution is 2.04. The minimum Gasteiger partial charge on any atom is -0.385 e. The number of benzene rings is 1. The Bertz CT molecular complexity index is 353. The molecule has 1 heterocycles. The fourth-order valence-electron chi connectivity index (χ4n) is 1.44. The standard InChI is InChI=1S/C13H14N2.2ClH/c1-2-6-12(7-3-1)15-11-9-13-8-4-5-10-14-13;;/h1-8,10,15H,9,11H2;2*1H. The average Bonchev–Trinajstić information content (AvgIpc) is 2.32. The molecule has 0 fully saturated rings. The highest BCUT2D eigenvalue weighted by molar-refractivity contribution is 5.85. The second-order valence-electron chi connectivity index (χ2n) is 3.36. The van der Waals surface area contributed by atoms with Crippen molar-refractivity contribution < 1.29 is 0 Å². The highest BCUT2D eigenvalue weighted by atomic mass is 35.5. The first-order chi connectivity index (χ1) is 7.45. The topological polar surface area (TPSA) is 24.9 Å². The molecule has 1 N–H and O–H groups in total. The number of hydrogen-bond acceptors (Lipinski definition) is 2. The minimum atomic E-state index is 0. The van der Waals surface area contributed by atoms with Gasteiger partial charge in [0.1, 0.15) is 0 Å². The maximum atomic E-state index is 4.27. The average molecular weight is 271 g/mol. The molecule has 0 saturated heterocycles. The van der Waals surface area contributed by atoms with Crippen LogP contribution < -0.4 is 5.32 Å². The van der Waals surface area contributed by atoms with E-state index in [1.807, 2.05) is 42.6 Å². The molecule has 0 aliphatic carbocycles. The van der Waals surface area contributed by atoms with Gasteiger partial charge in [0, 0.05) is 30.5 Å². The van der Waals surface area contributed by atoms with E-state index in [-0.39, 0.29) is 24.8 Å². The van der Waals surface area contributed by atoms with Crippen LogP contribution in [0.15, 0.2) is 54.7 Å². The Kier molecular flexibility index (Phi) is 8.20. The molecule has 0 unspecified atom stereocenters. The molecule has 0 spiro atoms. The van der Waals surface area contributed by atoms with Crippen molar-refractivity contribution in [2.45, 2.75) is 6.42 Å². The fraction of sp³-hybridized carbons (Fsp3) is 0.154. The van der Waals surface area contributed by atoms with E-state index in [1.54, 1.807) is 0 Å². The van der Waals surface area contributed by atoms with Gasteiger partial charge in [-0.05, 0) is 24.3 Å². The molecule has 0 atom stereocenters. The van der Waals surface area contributed by atoms with E-state index in [9.17, 15) is 0 Å². The lowest BCUT2D eigenvalue weighted by Crippen LogP contribution is -2.05. The molecular weight excluding hydrogens is 255 g/mol. The second kappa shape index (κ2) is 8.85. The van der Waals surface area contributed by atoms with E-state index in [0.29, 0.717) is 0 Å². The van der Waals surface area contributed by atoms with Crippen molar-refractivity contribution >= 4 is 30.5 Å². The molecular formula is C13H16Cl2N2. The first kappa shape index (κ1) is 15.8. The number of pyridine rings is 1. The fourth-order valence-corrected chi connectivity index (χ4v) is 1.44. The third-order valence-electron chi connectivity index (χ3n) is 2.21. The van der Waals surface area contributed by atoms with Gasteiger partial charge in [-0.2, -0.15) is 0 Å². The summed E-state index contributed by atoms with van der Waals surface area (Å²) in [7, 11) is 0. The largest absolute Gasteiger partial charge is 0.385 e. The van der Waals surface area contributed by atoms with Crippen LogP contribution in [0.3, 0.4) is 0 Å². The number of nitrogens with one attached hydrogen (secondary N) is 1. The van der Waals surface area contributed by atoms with Gasteiger partial charge in [-0.1, -0.05) is 24.3 Å². The van der Waals surface area contributed by atoms with Crippen LogP contribution in [0.5, 0.6) is 0 Å². The number of rotatable bonds is 4. The summed E-state index contributed by atoms with van der Waals surface area (Å²) in [6.07, 6.45) is 2.79. The first-order valence-electron chi connectivity index (χ1n) is 5.14. The van der Waals surface area contributed by atoms with E-state index in [1.165, 1.54) is 0 Å². The smallest absolute Gasteiger partial charge is 0.0421 e. The number of para-hydroxylation sites is 1. The molecule has 0 aliphatic heterocycles. The van der Waals surface area contributed by atoms with E-state index in [2.05, 4.69) is 22.4 Å². The Hall–Kier alpha value is -1.25. The van der Waals surface area contributed by atoms with Crippen molar-refractivity contribution in [1.29, 1.82) is 0 Å². The van der Waals surface area contributed by atoms with Crippen molar-refractivity contribution in [2.75, 3.05) is 11.9 Å². The van der Waals surface area contributed by atoms with Gasteiger partial charge in [0.05, 0.1) is 0 Å². The highest BCUT2D eigenvalue weighted by Gasteiger charge is 1.92. The molecule has 0 amide bonds. The lowest BCUT2D eigenvalue weighted by molar-refractivity contribution is 0.961. The summed E-state index contributed by atoms with van der Waals surface area (Å²) in [6, 6.07) is 16.2. The van der Waals surface area contributed by atoms with Crippen LogP contribution >= 0.6 is 24.8 Å². The summed E-state index contributed by atoms with van der Waals surface area (Å²) in [6.45, 7) is 0.918.